The van der Waals surface area contributed by atoms with Crippen molar-refractivity contribution in [2.24, 2.45) is 33.5 Å². The summed E-state index contributed by atoms with van der Waals surface area (Å²) >= 11 is 0. The first-order chi connectivity index (χ1) is 17.2. The molecule has 3 aliphatic carbocycles. The molecule has 4 aliphatic rings. The van der Waals surface area contributed by atoms with Crippen molar-refractivity contribution in [3.63, 3.8) is 0 Å². The highest BCUT2D eigenvalue weighted by atomic mass is 16.6. The Morgan fingerprint density at radius 1 is 0.946 bits per heavy atom. The Kier molecular flexibility index (Phi) is 5.96. The fraction of sp³-hybridized carbons (Fsp3) is 0.700. The fourth-order valence-corrected chi connectivity index (χ4v) is 9.24. The van der Waals surface area contributed by atoms with Crippen LogP contribution in [0.3, 0.4) is 0 Å². The normalized spacial score (nSPS) is 42.3. The molecule has 0 amide bonds. The van der Waals surface area contributed by atoms with Crippen LogP contribution < -0.4 is 0 Å². The highest BCUT2D eigenvalue weighted by Gasteiger charge is 2.70. The summed E-state index contributed by atoms with van der Waals surface area (Å²) in [7, 11) is 0. The van der Waals surface area contributed by atoms with Crippen LogP contribution in [0.4, 0.5) is 0 Å². The minimum Gasteiger partial charge on any atom is -0.472 e. The van der Waals surface area contributed by atoms with Crippen LogP contribution in [0.15, 0.2) is 34.7 Å². The number of hydrogen-bond donors (Lipinski definition) is 0. The smallest absolute Gasteiger partial charge is 0.331 e. The van der Waals surface area contributed by atoms with Gasteiger partial charge in [-0.2, -0.15) is 0 Å². The predicted octanol–water partition coefficient (Wildman–Crippen LogP) is 5.94. The molecule has 37 heavy (non-hydrogen) atoms. The maximum atomic E-state index is 13.0. The summed E-state index contributed by atoms with van der Waals surface area (Å²) < 4.78 is 23.3. The van der Waals surface area contributed by atoms with Gasteiger partial charge in [0.05, 0.1) is 12.5 Å². The molecule has 7 nitrogen and oxygen atoms in total. The number of fused-ring (bicyclic) bond motifs is 5. The first kappa shape index (κ1) is 26.1. The Hall–Kier alpha value is -2.57. The van der Waals surface area contributed by atoms with E-state index in [0.29, 0.717) is 6.42 Å². The van der Waals surface area contributed by atoms with Crippen molar-refractivity contribution in [2.75, 3.05) is 0 Å². The van der Waals surface area contributed by atoms with Crippen LogP contribution in [-0.4, -0.2) is 30.1 Å². The first-order valence-corrected chi connectivity index (χ1v) is 13.5. The predicted molar refractivity (Wildman–Crippen MR) is 135 cm³/mol. The maximum Gasteiger partial charge on any atom is 0.331 e. The molecular formula is C30H40O7. The summed E-state index contributed by atoms with van der Waals surface area (Å²) in [5, 5.41) is 0. The van der Waals surface area contributed by atoms with Crippen LogP contribution in [0.25, 0.3) is 0 Å². The number of esters is 3. The van der Waals surface area contributed by atoms with E-state index >= 15 is 0 Å². The fourth-order valence-electron chi connectivity index (χ4n) is 9.24. The van der Waals surface area contributed by atoms with Gasteiger partial charge < -0.3 is 18.6 Å². The molecule has 202 valence electrons. The molecule has 0 radical (unpaired) electrons. The summed E-state index contributed by atoms with van der Waals surface area (Å²) in [6.45, 7) is 14.0. The molecule has 0 spiro atoms. The van der Waals surface area contributed by atoms with Gasteiger partial charge in [-0.3, -0.25) is 9.59 Å². The number of hydrogen-bond acceptors (Lipinski definition) is 7. The van der Waals surface area contributed by atoms with Gasteiger partial charge in [0.2, 0.25) is 0 Å². The summed E-state index contributed by atoms with van der Waals surface area (Å²) in [5.74, 6) is -0.602. The number of rotatable bonds is 3. The Bertz CT molecular complexity index is 1130. The van der Waals surface area contributed by atoms with Crippen molar-refractivity contribution >= 4 is 17.9 Å². The van der Waals surface area contributed by atoms with E-state index in [1.165, 1.54) is 13.8 Å². The van der Waals surface area contributed by atoms with Gasteiger partial charge in [-0.25, -0.2) is 4.79 Å². The molecule has 8 atom stereocenters. The molecule has 0 aromatic carbocycles. The molecule has 0 unspecified atom stereocenters. The van der Waals surface area contributed by atoms with Gasteiger partial charge in [0.15, 0.2) is 0 Å². The van der Waals surface area contributed by atoms with E-state index in [1.807, 2.05) is 6.07 Å². The molecule has 5 rings (SSSR count). The van der Waals surface area contributed by atoms with Gasteiger partial charge in [0.1, 0.15) is 18.3 Å². The summed E-state index contributed by atoms with van der Waals surface area (Å²) in [5.41, 5.74) is 0.489. The Balaban J connectivity index is 1.63. The molecule has 3 saturated carbocycles. The van der Waals surface area contributed by atoms with E-state index in [9.17, 15) is 14.4 Å². The van der Waals surface area contributed by atoms with E-state index in [2.05, 4.69) is 34.6 Å². The Labute approximate surface area is 219 Å². The molecule has 1 aromatic heterocycles. The molecule has 7 heteroatoms. The largest absolute Gasteiger partial charge is 0.472 e. The lowest BCUT2D eigenvalue weighted by Crippen LogP contribution is -2.67. The van der Waals surface area contributed by atoms with Crippen molar-refractivity contribution in [2.45, 2.75) is 98.9 Å². The van der Waals surface area contributed by atoms with E-state index in [0.717, 1.165) is 36.8 Å². The minimum absolute atomic E-state index is 0.0831. The molecule has 0 saturated heterocycles. The zero-order chi connectivity index (χ0) is 27.0. The molecule has 0 bridgehead atoms. The number of furan rings is 1. The average Bonchev–Trinajstić information content (AvgIpc) is 3.32. The summed E-state index contributed by atoms with van der Waals surface area (Å²) in [4.78, 5) is 37.4. The monoisotopic (exact) mass is 512 g/mol. The van der Waals surface area contributed by atoms with E-state index in [4.69, 9.17) is 18.6 Å². The van der Waals surface area contributed by atoms with Gasteiger partial charge in [0, 0.05) is 41.7 Å². The quantitative estimate of drug-likeness (QED) is 0.366. The van der Waals surface area contributed by atoms with Crippen molar-refractivity contribution in [3.05, 3.63) is 35.8 Å². The lowest BCUT2D eigenvalue weighted by molar-refractivity contribution is -0.230. The van der Waals surface area contributed by atoms with Crippen LogP contribution in [0.5, 0.6) is 0 Å². The molecule has 1 aliphatic heterocycles. The lowest BCUT2D eigenvalue weighted by Gasteiger charge is -2.69. The first-order valence-electron chi connectivity index (χ1n) is 13.5. The Morgan fingerprint density at radius 2 is 1.62 bits per heavy atom. The third-order valence-electron chi connectivity index (χ3n) is 10.8. The van der Waals surface area contributed by atoms with Crippen molar-refractivity contribution in [3.8, 4) is 0 Å². The minimum atomic E-state index is -0.546. The van der Waals surface area contributed by atoms with Crippen LogP contribution in [-0.2, 0) is 28.6 Å². The van der Waals surface area contributed by atoms with Gasteiger partial charge in [-0.1, -0.05) is 34.6 Å². The van der Waals surface area contributed by atoms with Crippen LogP contribution in [0.1, 0.15) is 92.2 Å². The van der Waals surface area contributed by atoms with Crippen LogP contribution >= 0.6 is 0 Å². The van der Waals surface area contributed by atoms with E-state index < -0.39 is 23.0 Å². The van der Waals surface area contributed by atoms with Crippen LogP contribution in [0, 0.1) is 33.5 Å². The molecule has 2 heterocycles. The molecule has 0 N–H and O–H groups in total. The van der Waals surface area contributed by atoms with Crippen molar-refractivity contribution in [1.82, 2.24) is 0 Å². The second-order valence-corrected chi connectivity index (χ2v) is 13.1. The maximum absolute atomic E-state index is 13.0. The molecule has 3 fully saturated rings. The van der Waals surface area contributed by atoms with Gasteiger partial charge in [-0.05, 0) is 61.0 Å². The molecular weight excluding hydrogens is 472 g/mol. The highest BCUT2D eigenvalue weighted by molar-refractivity contribution is 5.85. The SMILES string of the molecule is CC(=O)O[C@H]1C[C@H]2C(C)(C)[C@H](OC(C)=O)CC[C@@]2(C)[C@H]2CC[C@]3(C)C(=CC(=O)O[C@@H]3c3ccoc3)[C@]12C. The Morgan fingerprint density at radius 3 is 2.24 bits per heavy atom. The number of ether oxygens (including phenoxy) is 3. The van der Waals surface area contributed by atoms with E-state index in [1.54, 1.807) is 18.6 Å². The zero-order valence-corrected chi connectivity index (χ0v) is 23.1. The third-order valence-corrected chi connectivity index (χ3v) is 10.8. The standard InChI is InChI=1S/C30H40O7/c1-17(31)35-23-9-12-28(5)20-8-11-29(6)22(15-25(33)37-26(29)19-10-13-34-16-19)30(20,7)24(36-18(2)32)14-21(28)27(23,3)4/h10,13,15-16,20-21,23-24,26H,8-9,11-12,14H2,1-7H3/t20-,21+,23-,24+,26-,28+,29-,30-/m1/s1. The third kappa shape index (κ3) is 3.70. The lowest BCUT2D eigenvalue weighted by atomic mass is 9.36. The average molecular weight is 513 g/mol. The van der Waals surface area contributed by atoms with E-state index in [-0.39, 0.29) is 46.7 Å². The number of carbonyl (C=O) groups is 3. The number of carbonyl (C=O) groups excluding carboxylic acids is 3. The summed E-state index contributed by atoms with van der Waals surface area (Å²) in [6, 6.07) is 1.86. The zero-order valence-electron chi connectivity index (χ0n) is 23.1. The second kappa shape index (κ2) is 8.47. The summed E-state index contributed by atoms with van der Waals surface area (Å²) in [6.07, 6.45) is 7.98. The van der Waals surface area contributed by atoms with Crippen LogP contribution in [0.2, 0.25) is 0 Å². The van der Waals surface area contributed by atoms with Gasteiger partial charge in [-0.15, -0.1) is 0 Å². The van der Waals surface area contributed by atoms with Crippen molar-refractivity contribution in [1.29, 1.82) is 0 Å². The number of cyclic esters (lactones) is 1. The second-order valence-electron chi connectivity index (χ2n) is 13.1. The van der Waals surface area contributed by atoms with Gasteiger partial charge in [0.25, 0.3) is 0 Å². The topological polar surface area (TPSA) is 92.0 Å². The van der Waals surface area contributed by atoms with Gasteiger partial charge >= 0.3 is 17.9 Å². The highest BCUT2D eigenvalue weighted by Crippen LogP contribution is 2.73. The molecule has 1 aromatic rings. The van der Waals surface area contributed by atoms with Crippen molar-refractivity contribution < 1.29 is 33.0 Å².